The molecule has 1 aromatic rings. The molecule has 0 bridgehead atoms. The zero-order valence-electron chi connectivity index (χ0n) is 18.4. The molecule has 0 spiro atoms. The molecule has 1 aliphatic heterocycles. The fourth-order valence-electron chi connectivity index (χ4n) is 3.57. The Kier molecular flexibility index (Phi) is 13.2. The minimum Gasteiger partial charge on any atom is -0.357 e. The molecule has 0 saturated carbocycles. The average Bonchev–Trinajstić information content (AvgIpc) is 2.70. The summed E-state index contributed by atoms with van der Waals surface area (Å²) in [5.41, 5.74) is 1.36. The quantitative estimate of drug-likeness (QED) is 0.217. The molecule has 164 valence electrons. The molecule has 1 saturated heterocycles. The maximum Gasteiger partial charge on any atom is 0.191 e. The van der Waals surface area contributed by atoms with Crippen molar-refractivity contribution in [2.24, 2.45) is 4.99 Å². The second-order valence-electron chi connectivity index (χ2n) is 7.81. The van der Waals surface area contributed by atoms with E-state index < -0.39 is 0 Å². The SMILES string of the molecule is C=CCN1CCC(NC(=NCCC(C)N(C)Cc2ccccc2)NCC)CC1.I. The van der Waals surface area contributed by atoms with E-state index in [0.717, 1.165) is 64.5 Å². The van der Waals surface area contributed by atoms with Crippen molar-refractivity contribution in [2.75, 3.05) is 39.8 Å². The Labute approximate surface area is 195 Å². The number of piperidine rings is 1. The Bertz CT molecular complexity index is 584. The number of rotatable bonds is 10. The first-order valence-corrected chi connectivity index (χ1v) is 10.7. The predicted octanol–water partition coefficient (Wildman–Crippen LogP) is 3.72. The lowest BCUT2D eigenvalue weighted by molar-refractivity contribution is 0.225. The second kappa shape index (κ2) is 14.8. The highest BCUT2D eigenvalue weighted by Crippen LogP contribution is 2.11. The number of hydrogen-bond acceptors (Lipinski definition) is 3. The lowest BCUT2D eigenvalue weighted by atomic mass is 10.1. The first-order chi connectivity index (χ1) is 13.6. The molecule has 0 aliphatic carbocycles. The predicted molar refractivity (Wildman–Crippen MR) is 136 cm³/mol. The maximum absolute atomic E-state index is 4.83. The van der Waals surface area contributed by atoms with Crippen molar-refractivity contribution in [2.45, 2.75) is 51.7 Å². The third-order valence-corrected chi connectivity index (χ3v) is 5.50. The minimum absolute atomic E-state index is 0. The zero-order valence-corrected chi connectivity index (χ0v) is 20.8. The van der Waals surface area contributed by atoms with Crippen LogP contribution < -0.4 is 10.6 Å². The Morgan fingerprint density at radius 2 is 2.00 bits per heavy atom. The van der Waals surface area contributed by atoms with Gasteiger partial charge >= 0.3 is 0 Å². The molecule has 1 atom stereocenters. The van der Waals surface area contributed by atoms with E-state index in [1.807, 2.05) is 6.08 Å². The third-order valence-electron chi connectivity index (χ3n) is 5.50. The van der Waals surface area contributed by atoms with E-state index in [4.69, 9.17) is 4.99 Å². The highest BCUT2D eigenvalue weighted by molar-refractivity contribution is 14.0. The number of benzene rings is 1. The standard InChI is InChI=1S/C23H39N5.HI/c1-5-16-28-17-13-22(14-18-28)26-23(24-6-2)25-15-12-20(3)27(4)19-21-10-8-7-9-11-21;/h5,7-11,20,22H,1,6,12-19H2,2-4H3,(H2,24,25,26);1H. The molecule has 1 unspecified atom stereocenters. The first-order valence-electron chi connectivity index (χ1n) is 10.7. The molecule has 6 heteroatoms. The highest BCUT2D eigenvalue weighted by Gasteiger charge is 2.19. The van der Waals surface area contributed by atoms with E-state index in [2.05, 4.69) is 78.2 Å². The molecule has 1 aliphatic rings. The Balaban J connectivity index is 0.00000420. The third kappa shape index (κ3) is 9.96. The first kappa shape index (κ1) is 25.9. The van der Waals surface area contributed by atoms with Crippen LogP contribution in [-0.4, -0.2) is 67.6 Å². The van der Waals surface area contributed by atoms with Crippen molar-refractivity contribution >= 4 is 29.9 Å². The second-order valence-corrected chi connectivity index (χ2v) is 7.81. The molecule has 29 heavy (non-hydrogen) atoms. The fourth-order valence-corrected chi connectivity index (χ4v) is 3.57. The van der Waals surface area contributed by atoms with Crippen LogP contribution in [0.25, 0.3) is 0 Å². The van der Waals surface area contributed by atoms with Gasteiger partial charge in [-0.25, -0.2) is 0 Å². The number of aliphatic imine (C=N–C) groups is 1. The van der Waals surface area contributed by atoms with Gasteiger partial charge in [0.15, 0.2) is 5.96 Å². The topological polar surface area (TPSA) is 42.9 Å². The van der Waals surface area contributed by atoms with Gasteiger partial charge in [-0.15, -0.1) is 30.6 Å². The summed E-state index contributed by atoms with van der Waals surface area (Å²) < 4.78 is 0. The van der Waals surface area contributed by atoms with Crippen molar-refractivity contribution in [3.05, 3.63) is 48.6 Å². The van der Waals surface area contributed by atoms with Crippen LogP contribution in [0.3, 0.4) is 0 Å². The zero-order chi connectivity index (χ0) is 20.2. The number of hydrogen-bond donors (Lipinski definition) is 2. The molecule has 0 aromatic heterocycles. The van der Waals surface area contributed by atoms with Gasteiger partial charge in [-0.1, -0.05) is 36.4 Å². The number of likely N-dealkylation sites (tertiary alicyclic amines) is 1. The largest absolute Gasteiger partial charge is 0.357 e. The summed E-state index contributed by atoms with van der Waals surface area (Å²) in [6.07, 6.45) is 5.37. The van der Waals surface area contributed by atoms with Crippen LogP contribution >= 0.6 is 24.0 Å². The van der Waals surface area contributed by atoms with Crippen LogP contribution in [0.4, 0.5) is 0 Å². The van der Waals surface area contributed by atoms with E-state index in [-0.39, 0.29) is 24.0 Å². The van der Waals surface area contributed by atoms with E-state index in [1.165, 1.54) is 5.56 Å². The van der Waals surface area contributed by atoms with Crippen LogP contribution in [-0.2, 0) is 6.54 Å². The van der Waals surface area contributed by atoms with Crippen LogP contribution in [0.1, 0.15) is 38.7 Å². The van der Waals surface area contributed by atoms with E-state index in [0.29, 0.717) is 12.1 Å². The number of nitrogens with one attached hydrogen (secondary N) is 2. The summed E-state index contributed by atoms with van der Waals surface area (Å²) in [6.45, 7) is 14.2. The smallest absolute Gasteiger partial charge is 0.191 e. The van der Waals surface area contributed by atoms with Crippen LogP contribution in [0.2, 0.25) is 0 Å². The van der Waals surface area contributed by atoms with Crippen molar-refractivity contribution in [3.8, 4) is 0 Å². The van der Waals surface area contributed by atoms with Gasteiger partial charge in [0.05, 0.1) is 0 Å². The maximum atomic E-state index is 4.83. The Hall–Kier alpha value is -1.12. The molecule has 1 fully saturated rings. The summed E-state index contributed by atoms with van der Waals surface area (Å²) in [7, 11) is 2.20. The van der Waals surface area contributed by atoms with Gasteiger partial charge in [0.2, 0.25) is 0 Å². The monoisotopic (exact) mass is 513 g/mol. The lowest BCUT2D eigenvalue weighted by Crippen LogP contribution is -2.48. The number of guanidine groups is 1. The average molecular weight is 514 g/mol. The molecule has 5 nitrogen and oxygen atoms in total. The fraction of sp³-hybridized carbons (Fsp3) is 0.609. The van der Waals surface area contributed by atoms with Crippen molar-refractivity contribution in [1.29, 1.82) is 0 Å². The molecular weight excluding hydrogens is 473 g/mol. The molecule has 2 N–H and O–H groups in total. The number of halogens is 1. The highest BCUT2D eigenvalue weighted by atomic mass is 127. The summed E-state index contributed by atoms with van der Waals surface area (Å²) in [5.74, 6) is 0.961. The summed E-state index contributed by atoms with van der Waals surface area (Å²) in [6, 6.07) is 11.7. The molecule has 1 heterocycles. The Morgan fingerprint density at radius 1 is 1.31 bits per heavy atom. The van der Waals surface area contributed by atoms with Gasteiger partial charge in [0, 0.05) is 51.4 Å². The lowest BCUT2D eigenvalue weighted by Gasteiger charge is -2.32. The van der Waals surface area contributed by atoms with Crippen molar-refractivity contribution < 1.29 is 0 Å². The van der Waals surface area contributed by atoms with Gasteiger partial charge in [-0.3, -0.25) is 14.8 Å². The van der Waals surface area contributed by atoms with E-state index >= 15 is 0 Å². The summed E-state index contributed by atoms with van der Waals surface area (Å²) >= 11 is 0. The number of nitrogens with zero attached hydrogens (tertiary/aromatic N) is 3. The normalized spacial score (nSPS) is 16.9. The molecule has 2 rings (SSSR count). The van der Waals surface area contributed by atoms with Gasteiger partial charge in [-0.05, 0) is 45.7 Å². The molecule has 1 aromatic carbocycles. The summed E-state index contributed by atoms with van der Waals surface area (Å²) in [4.78, 5) is 9.69. The van der Waals surface area contributed by atoms with Crippen molar-refractivity contribution in [3.63, 3.8) is 0 Å². The molecular formula is C23H40IN5. The van der Waals surface area contributed by atoms with Gasteiger partial charge < -0.3 is 10.6 Å². The molecule has 0 amide bonds. The molecule has 0 radical (unpaired) electrons. The van der Waals surface area contributed by atoms with Crippen LogP contribution in [0.5, 0.6) is 0 Å². The van der Waals surface area contributed by atoms with Crippen molar-refractivity contribution in [1.82, 2.24) is 20.4 Å². The summed E-state index contributed by atoms with van der Waals surface area (Å²) in [5, 5.41) is 7.04. The van der Waals surface area contributed by atoms with Crippen LogP contribution in [0.15, 0.2) is 48.0 Å². The van der Waals surface area contributed by atoms with Gasteiger partial charge in [0.25, 0.3) is 0 Å². The van der Waals surface area contributed by atoms with Gasteiger partial charge in [0.1, 0.15) is 0 Å². The van der Waals surface area contributed by atoms with Gasteiger partial charge in [-0.2, -0.15) is 0 Å². The Morgan fingerprint density at radius 3 is 2.62 bits per heavy atom. The minimum atomic E-state index is 0. The van der Waals surface area contributed by atoms with E-state index in [1.54, 1.807) is 0 Å². The van der Waals surface area contributed by atoms with E-state index in [9.17, 15) is 0 Å². The van der Waals surface area contributed by atoms with Crippen LogP contribution in [0, 0.1) is 0 Å².